The number of carbonyl (C=O) groups is 2. The number of carboxylic acids is 1. The third kappa shape index (κ3) is 4.86. The van der Waals surface area contributed by atoms with Crippen molar-refractivity contribution in [2.45, 2.75) is 33.0 Å². The number of hydrogen-bond donors (Lipinski definition) is 1. The molecule has 0 aliphatic heterocycles. The number of carbonyl (C=O) groups excluding carboxylic acids is 1. The highest BCUT2D eigenvalue weighted by molar-refractivity contribution is 5.87. The molecule has 0 heterocycles. The van der Waals surface area contributed by atoms with Crippen molar-refractivity contribution in [2.75, 3.05) is 0 Å². The van der Waals surface area contributed by atoms with E-state index in [4.69, 9.17) is 14.6 Å². The molecule has 0 radical (unpaired) electrons. The molecular weight excluding hydrogens is 236 g/mol. The van der Waals surface area contributed by atoms with Gasteiger partial charge in [-0.1, -0.05) is 12.1 Å². The van der Waals surface area contributed by atoms with Crippen LogP contribution in [0.5, 0.6) is 0 Å². The fraction of sp³-hybridized carbons (Fsp3) is 0.385. The first-order chi connectivity index (χ1) is 8.28. The molecule has 0 atom stereocenters. The van der Waals surface area contributed by atoms with E-state index in [1.54, 1.807) is 32.9 Å². The molecule has 1 aromatic carbocycles. The van der Waals surface area contributed by atoms with E-state index in [0.29, 0.717) is 5.56 Å². The van der Waals surface area contributed by atoms with Crippen molar-refractivity contribution in [1.82, 2.24) is 0 Å². The third-order valence-electron chi connectivity index (χ3n) is 1.92. The highest BCUT2D eigenvalue weighted by atomic mass is 16.7. The Kier molecular flexibility index (Phi) is 4.31. The van der Waals surface area contributed by atoms with Gasteiger partial charge in [0, 0.05) is 0 Å². The van der Waals surface area contributed by atoms with Crippen molar-refractivity contribution in [3.8, 4) is 0 Å². The van der Waals surface area contributed by atoms with Crippen LogP contribution in [0.2, 0.25) is 0 Å². The minimum atomic E-state index is -1.02. The van der Waals surface area contributed by atoms with Crippen LogP contribution in [-0.4, -0.2) is 22.8 Å². The van der Waals surface area contributed by atoms with E-state index >= 15 is 0 Å². The molecule has 0 amide bonds. The molecule has 98 valence electrons. The van der Waals surface area contributed by atoms with Gasteiger partial charge in [0.15, 0.2) is 0 Å². The monoisotopic (exact) mass is 252 g/mol. The van der Waals surface area contributed by atoms with Crippen LogP contribution in [0.1, 0.15) is 36.7 Å². The van der Waals surface area contributed by atoms with Gasteiger partial charge in [0.2, 0.25) is 0 Å². The molecule has 1 rings (SSSR count). The fourth-order valence-electron chi connectivity index (χ4n) is 1.22. The molecule has 0 aromatic heterocycles. The maximum absolute atomic E-state index is 11.3. The summed E-state index contributed by atoms with van der Waals surface area (Å²) < 4.78 is 9.84. The first-order valence-corrected chi connectivity index (χ1v) is 5.46. The Morgan fingerprint density at radius 1 is 1.28 bits per heavy atom. The zero-order valence-corrected chi connectivity index (χ0v) is 10.6. The Morgan fingerprint density at radius 3 is 2.50 bits per heavy atom. The van der Waals surface area contributed by atoms with Crippen molar-refractivity contribution < 1.29 is 24.2 Å². The lowest BCUT2D eigenvalue weighted by atomic mass is 10.1. The second-order valence-electron chi connectivity index (χ2n) is 4.76. The summed E-state index contributed by atoms with van der Waals surface area (Å²) in [6.07, 6.45) is -0.775. The molecular formula is C13H16O5. The van der Waals surface area contributed by atoms with Gasteiger partial charge in [-0.3, -0.25) is 0 Å². The van der Waals surface area contributed by atoms with Gasteiger partial charge < -0.3 is 14.6 Å². The number of ether oxygens (including phenoxy) is 2. The standard InChI is InChI=1S/C13H16O5/c1-13(2,3)18-12(16)17-8-9-5-4-6-10(7-9)11(14)15/h4-7H,8H2,1-3H3,(H,14,15). The Bertz CT molecular complexity index is 445. The van der Waals surface area contributed by atoms with Gasteiger partial charge in [0.25, 0.3) is 0 Å². The van der Waals surface area contributed by atoms with Crippen molar-refractivity contribution in [3.05, 3.63) is 35.4 Å². The zero-order chi connectivity index (χ0) is 13.8. The summed E-state index contributed by atoms with van der Waals surface area (Å²) in [6.45, 7) is 5.19. The molecule has 0 saturated heterocycles. The maximum Gasteiger partial charge on any atom is 0.509 e. The predicted molar refractivity (Wildman–Crippen MR) is 64.4 cm³/mol. The number of rotatable bonds is 3. The topological polar surface area (TPSA) is 72.8 Å². The van der Waals surface area contributed by atoms with Crippen LogP contribution in [0.4, 0.5) is 4.79 Å². The molecule has 0 aliphatic carbocycles. The van der Waals surface area contributed by atoms with Crippen LogP contribution in [0.25, 0.3) is 0 Å². The van der Waals surface area contributed by atoms with Gasteiger partial charge in [-0.15, -0.1) is 0 Å². The average molecular weight is 252 g/mol. The largest absolute Gasteiger partial charge is 0.509 e. The predicted octanol–water partition coefficient (Wildman–Crippen LogP) is 2.84. The molecule has 0 unspecified atom stereocenters. The van der Waals surface area contributed by atoms with E-state index < -0.39 is 17.7 Å². The molecule has 0 fully saturated rings. The van der Waals surface area contributed by atoms with Crippen LogP contribution in [-0.2, 0) is 16.1 Å². The van der Waals surface area contributed by atoms with E-state index in [2.05, 4.69) is 0 Å². The summed E-state index contributed by atoms with van der Waals surface area (Å²) in [4.78, 5) is 22.0. The van der Waals surface area contributed by atoms with E-state index in [1.165, 1.54) is 12.1 Å². The van der Waals surface area contributed by atoms with E-state index in [9.17, 15) is 9.59 Å². The summed E-state index contributed by atoms with van der Waals surface area (Å²) in [6, 6.07) is 6.19. The zero-order valence-electron chi connectivity index (χ0n) is 10.6. The molecule has 1 N–H and O–H groups in total. The third-order valence-corrected chi connectivity index (χ3v) is 1.92. The molecule has 0 bridgehead atoms. The lowest BCUT2D eigenvalue weighted by Gasteiger charge is -2.18. The molecule has 0 spiro atoms. The lowest BCUT2D eigenvalue weighted by molar-refractivity contribution is -0.0108. The molecule has 5 nitrogen and oxygen atoms in total. The van der Waals surface area contributed by atoms with Crippen molar-refractivity contribution in [3.63, 3.8) is 0 Å². The molecule has 18 heavy (non-hydrogen) atoms. The van der Waals surface area contributed by atoms with Gasteiger partial charge in [-0.05, 0) is 38.5 Å². The van der Waals surface area contributed by atoms with Crippen LogP contribution in [0.15, 0.2) is 24.3 Å². The van der Waals surface area contributed by atoms with E-state index in [-0.39, 0.29) is 12.2 Å². The minimum Gasteiger partial charge on any atom is -0.478 e. The second-order valence-corrected chi connectivity index (χ2v) is 4.76. The Balaban J connectivity index is 2.56. The SMILES string of the molecule is CC(C)(C)OC(=O)OCc1cccc(C(=O)O)c1. The molecule has 0 aliphatic rings. The van der Waals surface area contributed by atoms with E-state index in [1.807, 2.05) is 0 Å². The van der Waals surface area contributed by atoms with Gasteiger partial charge in [-0.2, -0.15) is 0 Å². The van der Waals surface area contributed by atoms with Crippen LogP contribution < -0.4 is 0 Å². The normalized spacial score (nSPS) is 10.8. The number of benzene rings is 1. The van der Waals surface area contributed by atoms with Crippen LogP contribution in [0, 0.1) is 0 Å². The number of hydrogen-bond acceptors (Lipinski definition) is 4. The van der Waals surface area contributed by atoms with Crippen molar-refractivity contribution in [1.29, 1.82) is 0 Å². The molecule has 1 aromatic rings. The first kappa shape index (κ1) is 14.0. The van der Waals surface area contributed by atoms with Crippen molar-refractivity contribution >= 4 is 12.1 Å². The highest BCUT2D eigenvalue weighted by Crippen LogP contribution is 2.11. The summed E-state index contributed by atoms with van der Waals surface area (Å²) >= 11 is 0. The van der Waals surface area contributed by atoms with Gasteiger partial charge in [0.1, 0.15) is 12.2 Å². The number of carboxylic acid groups (broad SMARTS) is 1. The summed E-state index contributed by atoms with van der Waals surface area (Å²) in [5.41, 5.74) is 0.140. The molecule has 0 saturated carbocycles. The molecule has 5 heteroatoms. The summed E-state index contributed by atoms with van der Waals surface area (Å²) in [7, 11) is 0. The highest BCUT2D eigenvalue weighted by Gasteiger charge is 2.17. The quantitative estimate of drug-likeness (QED) is 0.837. The summed E-state index contributed by atoms with van der Waals surface area (Å²) in [5, 5.41) is 8.81. The Labute approximate surface area is 105 Å². The van der Waals surface area contributed by atoms with Gasteiger partial charge in [0.05, 0.1) is 5.56 Å². The minimum absolute atomic E-state index is 0.0178. The Morgan fingerprint density at radius 2 is 1.94 bits per heavy atom. The van der Waals surface area contributed by atoms with E-state index in [0.717, 1.165) is 0 Å². The first-order valence-electron chi connectivity index (χ1n) is 5.46. The second kappa shape index (κ2) is 5.53. The summed E-state index contributed by atoms with van der Waals surface area (Å²) in [5.74, 6) is -1.02. The average Bonchev–Trinajstić information content (AvgIpc) is 2.24. The van der Waals surface area contributed by atoms with Gasteiger partial charge in [-0.25, -0.2) is 9.59 Å². The van der Waals surface area contributed by atoms with Crippen molar-refractivity contribution in [2.24, 2.45) is 0 Å². The number of aromatic carboxylic acids is 1. The Hall–Kier alpha value is -2.04. The van der Waals surface area contributed by atoms with Crippen LogP contribution in [0.3, 0.4) is 0 Å². The van der Waals surface area contributed by atoms with Crippen LogP contribution >= 0.6 is 0 Å². The van der Waals surface area contributed by atoms with Gasteiger partial charge >= 0.3 is 12.1 Å². The fourth-order valence-corrected chi connectivity index (χ4v) is 1.22. The smallest absolute Gasteiger partial charge is 0.478 e. The lowest BCUT2D eigenvalue weighted by Crippen LogP contribution is -2.24. The maximum atomic E-state index is 11.3.